The zero-order valence-electron chi connectivity index (χ0n) is 19.5. The fourth-order valence-corrected chi connectivity index (χ4v) is 4.01. The van der Waals surface area contributed by atoms with Crippen LogP contribution in [0.1, 0.15) is 30.5 Å². The summed E-state index contributed by atoms with van der Waals surface area (Å²) in [6.45, 7) is 3.98. The number of allylic oxidation sites excluding steroid dienone is 2. The van der Waals surface area contributed by atoms with Gasteiger partial charge >= 0.3 is 10.1 Å². The second kappa shape index (κ2) is 10.8. The molecule has 0 amide bonds. The van der Waals surface area contributed by atoms with Gasteiger partial charge in [-0.25, -0.2) is 8.42 Å². The van der Waals surface area contributed by atoms with Gasteiger partial charge in [0.05, 0.1) is 32.4 Å². The van der Waals surface area contributed by atoms with Crippen LogP contribution in [0.5, 0.6) is 17.2 Å². The molecular weight excluding hydrogens is 466 g/mol. The van der Waals surface area contributed by atoms with Gasteiger partial charge < -0.3 is 13.7 Å². The van der Waals surface area contributed by atoms with Gasteiger partial charge in [0.1, 0.15) is 17.2 Å². The molecular formula is C23H29NO7S2. The second-order valence-corrected chi connectivity index (χ2v) is 11.0. The Morgan fingerprint density at radius 3 is 2.15 bits per heavy atom. The van der Waals surface area contributed by atoms with E-state index in [0.29, 0.717) is 29.2 Å². The summed E-state index contributed by atoms with van der Waals surface area (Å²) in [4.78, 5) is 0. The lowest BCUT2D eigenvalue weighted by atomic mass is 10.00. The first-order valence-corrected chi connectivity index (χ1v) is 13.6. The van der Waals surface area contributed by atoms with Crippen molar-refractivity contribution in [3.63, 3.8) is 0 Å². The Kier molecular flexibility index (Phi) is 8.57. The van der Waals surface area contributed by atoms with Gasteiger partial charge in [-0.05, 0) is 49.6 Å². The number of methoxy groups -OCH3 is 2. The molecule has 8 nitrogen and oxygen atoms in total. The number of benzene rings is 2. The molecule has 33 heavy (non-hydrogen) atoms. The van der Waals surface area contributed by atoms with Crippen LogP contribution in [0.2, 0.25) is 0 Å². The van der Waals surface area contributed by atoms with Gasteiger partial charge in [-0.2, -0.15) is 8.42 Å². The van der Waals surface area contributed by atoms with Crippen LogP contribution in [-0.2, 0) is 26.6 Å². The van der Waals surface area contributed by atoms with Crippen LogP contribution < -0.4 is 18.4 Å². The first kappa shape index (κ1) is 26.3. The minimum absolute atomic E-state index is 0.139. The van der Waals surface area contributed by atoms with Crippen molar-refractivity contribution < 1.29 is 30.5 Å². The summed E-state index contributed by atoms with van der Waals surface area (Å²) < 4.78 is 64.7. The molecule has 0 fully saturated rings. The minimum Gasteiger partial charge on any atom is -0.496 e. The highest BCUT2D eigenvalue weighted by Gasteiger charge is 2.14. The SMILES string of the molecule is COc1cc(/C=C\c2cc(OS(C)(=O)=O)cc(OC)c2CC=C(C)C)ccc1NS(C)(=O)=O. The average Bonchev–Trinajstić information content (AvgIpc) is 2.69. The number of anilines is 1. The third-order valence-corrected chi connectivity index (χ3v) is 5.46. The van der Waals surface area contributed by atoms with E-state index in [0.717, 1.165) is 29.2 Å². The minimum atomic E-state index is -3.72. The number of ether oxygens (including phenoxy) is 2. The first-order valence-electron chi connectivity index (χ1n) is 9.89. The standard InChI is InChI=1S/C23H29NO7S2/c1-16(2)7-11-20-18(14-19(15-22(20)29-3)31-33(6,27)28)10-8-17-9-12-21(23(13-17)30-4)24-32(5,25)26/h7-10,12-15,24H,11H2,1-6H3/b10-8-. The Morgan fingerprint density at radius 1 is 0.939 bits per heavy atom. The fraction of sp³-hybridized carbons (Fsp3) is 0.304. The molecule has 0 radical (unpaired) electrons. The largest absolute Gasteiger partial charge is 0.496 e. The van der Waals surface area contributed by atoms with Gasteiger partial charge in [0.25, 0.3) is 0 Å². The van der Waals surface area contributed by atoms with E-state index in [4.69, 9.17) is 13.7 Å². The van der Waals surface area contributed by atoms with Crippen LogP contribution in [0.15, 0.2) is 42.0 Å². The predicted molar refractivity (Wildman–Crippen MR) is 132 cm³/mol. The molecule has 0 atom stereocenters. The smallest absolute Gasteiger partial charge is 0.306 e. The van der Waals surface area contributed by atoms with Gasteiger partial charge in [0.15, 0.2) is 0 Å². The maximum atomic E-state index is 11.6. The van der Waals surface area contributed by atoms with Crippen molar-refractivity contribution in [2.24, 2.45) is 0 Å². The summed E-state index contributed by atoms with van der Waals surface area (Å²) in [6.07, 6.45) is 8.27. The molecule has 0 saturated heterocycles. The van der Waals surface area contributed by atoms with E-state index in [2.05, 4.69) is 4.72 Å². The van der Waals surface area contributed by atoms with Crippen molar-refractivity contribution in [1.29, 1.82) is 0 Å². The molecule has 0 heterocycles. The third kappa shape index (κ3) is 8.47. The summed E-state index contributed by atoms with van der Waals surface area (Å²) in [5.74, 6) is 0.998. The molecule has 0 unspecified atom stereocenters. The van der Waals surface area contributed by atoms with Crippen LogP contribution in [0.3, 0.4) is 0 Å². The Morgan fingerprint density at radius 2 is 1.61 bits per heavy atom. The van der Waals surface area contributed by atoms with Gasteiger partial charge in [0.2, 0.25) is 10.0 Å². The quantitative estimate of drug-likeness (QED) is 0.300. The average molecular weight is 496 g/mol. The summed E-state index contributed by atoms with van der Waals surface area (Å²) in [6, 6.07) is 8.20. The van der Waals surface area contributed by atoms with E-state index >= 15 is 0 Å². The number of sulfonamides is 1. The molecule has 0 aliphatic rings. The molecule has 0 saturated carbocycles. The van der Waals surface area contributed by atoms with E-state index in [1.54, 1.807) is 36.4 Å². The van der Waals surface area contributed by atoms with Gasteiger partial charge in [-0.3, -0.25) is 4.72 Å². The van der Waals surface area contributed by atoms with Gasteiger partial charge in [-0.15, -0.1) is 0 Å². The van der Waals surface area contributed by atoms with Crippen LogP contribution >= 0.6 is 0 Å². The highest BCUT2D eigenvalue weighted by molar-refractivity contribution is 7.92. The van der Waals surface area contributed by atoms with E-state index in [1.165, 1.54) is 14.2 Å². The Labute approximate surface area is 196 Å². The topological polar surface area (TPSA) is 108 Å². The molecule has 2 rings (SSSR count). The van der Waals surface area contributed by atoms with Gasteiger partial charge in [0, 0.05) is 11.6 Å². The molecule has 0 aromatic heterocycles. The van der Waals surface area contributed by atoms with Crippen molar-refractivity contribution >= 4 is 38.0 Å². The second-order valence-electron chi connectivity index (χ2n) is 7.63. The van der Waals surface area contributed by atoms with Crippen LogP contribution in [-0.4, -0.2) is 43.6 Å². The number of hydrogen-bond donors (Lipinski definition) is 1. The first-order chi connectivity index (χ1) is 15.3. The Balaban J connectivity index is 2.54. The Bertz CT molecular complexity index is 1270. The van der Waals surface area contributed by atoms with Crippen LogP contribution in [0.25, 0.3) is 12.2 Å². The molecule has 1 N–H and O–H groups in total. The number of nitrogens with one attached hydrogen (secondary N) is 1. The molecule has 10 heteroatoms. The third-order valence-electron chi connectivity index (χ3n) is 4.38. The van der Waals surface area contributed by atoms with Crippen molar-refractivity contribution in [3.8, 4) is 17.2 Å². The van der Waals surface area contributed by atoms with Crippen molar-refractivity contribution in [3.05, 3.63) is 58.7 Å². The summed E-state index contributed by atoms with van der Waals surface area (Å²) in [7, 11) is -4.21. The maximum absolute atomic E-state index is 11.6. The summed E-state index contributed by atoms with van der Waals surface area (Å²) >= 11 is 0. The fourth-order valence-electron chi connectivity index (χ4n) is 3.00. The monoisotopic (exact) mass is 495 g/mol. The predicted octanol–water partition coefficient (Wildman–Crippen LogP) is 4.09. The van der Waals surface area contributed by atoms with E-state index in [-0.39, 0.29) is 5.75 Å². The Hall–Kier alpha value is -2.98. The number of rotatable bonds is 10. The molecule has 2 aromatic carbocycles. The van der Waals surface area contributed by atoms with Crippen molar-refractivity contribution in [2.45, 2.75) is 20.3 Å². The van der Waals surface area contributed by atoms with E-state index < -0.39 is 20.1 Å². The molecule has 2 aromatic rings. The van der Waals surface area contributed by atoms with E-state index in [9.17, 15) is 16.8 Å². The molecule has 0 bridgehead atoms. The van der Waals surface area contributed by atoms with Crippen LogP contribution in [0.4, 0.5) is 5.69 Å². The molecule has 0 aliphatic carbocycles. The van der Waals surface area contributed by atoms with E-state index in [1.807, 2.05) is 26.0 Å². The lowest BCUT2D eigenvalue weighted by Crippen LogP contribution is -2.10. The summed E-state index contributed by atoms with van der Waals surface area (Å²) in [5.41, 5.74) is 3.77. The molecule has 180 valence electrons. The van der Waals surface area contributed by atoms with Gasteiger partial charge in [-0.1, -0.05) is 29.9 Å². The lowest BCUT2D eigenvalue weighted by Gasteiger charge is -2.14. The van der Waals surface area contributed by atoms with Crippen LogP contribution in [0, 0.1) is 0 Å². The lowest BCUT2D eigenvalue weighted by molar-refractivity contribution is 0.407. The van der Waals surface area contributed by atoms with Crippen molar-refractivity contribution in [1.82, 2.24) is 0 Å². The normalized spacial score (nSPS) is 11.8. The van der Waals surface area contributed by atoms with Crippen molar-refractivity contribution in [2.75, 3.05) is 31.5 Å². The maximum Gasteiger partial charge on any atom is 0.306 e. The molecule has 0 aliphatic heterocycles. The highest BCUT2D eigenvalue weighted by Crippen LogP contribution is 2.33. The zero-order chi connectivity index (χ0) is 24.8. The zero-order valence-corrected chi connectivity index (χ0v) is 21.1. The number of hydrogen-bond acceptors (Lipinski definition) is 7. The molecule has 0 spiro atoms. The highest BCUT2D eigenvalue weighted by atomic mass is 32.2. The summed E-state index contributed by atoms with van der Waals surface area (Å²) in [5, 5.41) is 0.